The molecule has 0 spiro atoms. The van der Waals surface area contributed by atoms with E-state index in [1.54, 1.807) is 18.5 Å². The van der Waals surface area contributed by atoms with Crippen LogP contribution in [0.4, 0.5) is 0 Å². The van der Waals surface area contributed by atoms with Gasteiger partial charge in [-0.05, 0) is 51.3 Å². The summed E-state index contributed by atoms with van der Waals surface area (Å²) in [5, 5.41) is -0.491. The first kappa shape index (κ1) is 9.42. The van der Waals surface area contributed by atoms with E-state index in [4.69, 9.17) is 11.6 Å². The third-order valence-corrected chi connectivity index (χ3v) is 1.69. The quantitative estimate of drug-likeness (QED) is 0.593. The molecular formula is C8H5BrClNO. The minimum Gasteiger partial charge on any atom is -0.276 e. The molecule has 0 amide bonds. The van der Waals surface area contributed by atoms with Gasteiger partial charge in [0.1, 0.15) is 0 Å². The number of nitrogens with zero attached hydrogens (tertiary/aromatic N) is 1. The minimum absolute atomic E-state index is 0.491. The van der Waals surface area contributed by atoms with Crippen LogP contribution in [0, 0.1) is 0 Å². The van der Waals surface area contributed by atoms with Crippen LogP contribution in [0.5, 0.6) is 0 Å². The van der Waals surface area contributed by atoms with Gasteiger partial charge in [-0.2, -0.15) is 0 Å². The lowest BCUT2D eigenvalue weighted by Crippen LogP contribution is -1.78. The second kappa shape index (κ2) is 4.38. The standard InChI is InChI=1S/C8H5BrClNO/c9-7-3-6(4-11-5-7)1-2-8(10)12/h1-5H/b2-1+. The van der Waals surface area contributed by atoms with Crippen LogP contribution < -0.4 is 0 Å². The lowest BCUT2D eigenvalue weighted by molar-refractivity contribution is -0.107. The molecule has 0 fully saturated rings. The number of carbonyl (C=O) groups excluding carboxylic acids is 1. The van der Waals surface area contributed by atoms with Crippen molar-refractivity contribution in [1.82, 2.24) is 4.98 Å². The molecule has 0 bridgehead atoms. The predicted octanol–water partition coefficient (Wildman–Crippen LogP) is 2.62. The van der Waals surface area contributed by atoms with Gasteiger partial charge in [-0.1, -0.05) is 0 Å². The number of carbonyl (C=O) groups is 1. The first-order valence-corrected chi connectivity index (χ1v) is 4.33. The van der Waals surface area contributed by atoms with Crippen molar-refractivity contribution in [2.75, 3.05) is 0 Å². The Morgan fingerprint density at radius 3 is 2.92 bits per heavy atom. The molecule has 0 aliphatic heterocycles. The average molecular weight is 246 g/mol. The Hall–Kier alpha value is -0.670. The Kier molecular flexibility index (Phi) is 3.44. The van der Waals surface area contributed by atoms with E-state index in [2.05, 4.69) is 20.9 Å². The first-order chi connectivity index (χ1) is 5.68. The molecule has 0 N–H and O–H groups in total. The third-order valence-electron chi connectivity index (χ3n) is 1.13. The van der Waals surface area contributed by atoms with Gasteiger partial charge in [-0.25, -0.2) is 0 Å². The van der Waals surface area contributed by atoms with E-state index in [-0.39, 0.29) is 0 Å². The second-order valence-electron chi connectivity index (χ2n) is 2.07. The Morgan fingerprint density at radius 1 is 1.58 bits per heavy atom. The van der Waals surface area contributed by atoms with E-state index in [9.17, 15) is 4.79 Å². The molecule has 1 aromatic rings. The fourth-order valence-corrected chi connectivity index (χ4v) is 1.13. The van der Waals surface area contributed by atoms with Crippen molar-refractivity contribution in [2.45, 2.75) is 0 Å². The predicted molar refractivity (Wildman–Crippen MR) is 51.8 cm³/mol. The monoisotopic (exact) mass is 245 g/mol. The molecule has 1 heterocycles. The molecule has 2 nitrogen and oxygen atoms in total. The summed E-state index contributed by atoms with van der Waals surface area (Å²) in [4.78, 5) is 14.3. The highest BCUT2D eigenvalue weighted by Crippen LogP contribution is 2.10. The van der Waals surface area contributed by atoms with Crippen LogP contribution in [0.1, 0.15) is 5.56 Å². The van der Waals surface area contributed by atoms with Crippen LogP contribution in [0.15, 0.2) is 29.0 Å². The van der Waals surface area contributed by atoms with Crippen LogP contribution in [-0.4, -0.2) is 10.2 Å². The highest BCUT2D eigenvalue weighted by Gasteiger charge is 1.90. The fraction of sp³-hybridized carbons (Fsp3) is 0. The van der Waals surface area contributed by atoms with Gasteiger partial charge in [0, 0.05) is 16.9 Å². The van der Waals surface area contributed by atoms with Crippen molar-refractivity contribution in [2.24, 2.45) is 0 Å². The van der Waals surface area contributed by atoms with Crippen LogP contribution in [-0.2, 0) is 4.79 Å². The second-order valence-corrected chi connectivity index (χ2v) is 3.36. The van der Waals surface area contributed by atoms with Crippen molar-refractivity contribution >= 4 is 38.8 Å². The number of halogens is 2. The summed E-state index contributed by atoms with van der Waals surface area (Å²) in [6.07, 6.45) is 6.19. The van der Waals surface area contributed by atoms with Gasteiger partial charge in [0.05, 0.1) is 0 Å². The molecule has 1 rings (SSSR count). The summed E-state index contributed by atoms with van der Waals surface area (Å²) >= 11 is 8.36. The molecule has 0 radical (unpaired) electrons. The zero-order valence-corrected chi connectivity index (χ0v) is 8.34. The summed E-state index contributed by atoms with van der Waals surface area (Å²) < 4.78 is 0.867. The Labute approximate surface area is 83.4 Å². The van der Waals surface area contributed by atoms with Crippen LogP contribution in [0.25, 0.3) is 6.08 Å². The van der Waals surface area contributed by atoms with Crippen LogP contribution >= 0.6 is 27.5 Å². The minimum atomic E-state index is -0.491. The zero-order valence-electron chi connectivity index (χ0n) is 6.00. The van der Waals surface area contributed by atoms with Gasteiger partial charge in [0.15, 0.2) is 0 Å². The van der Waals surface area contributed by atoms with E-state index >= 15 is 0 Å². The summed E-state index contributed by atoms with van der Waals surface area (Å²) in [6.45, 7) is 0. The fourth-order valence-electron chi connectivity index (χ4n) is 0.681. The van der Waals surface area contributed by atoms with Gasteiger partial charge in [0.25, 0.3) is 0 Å². The summed E-state index contributed by atoms with van der Waals surface area (Å²) in [7, 11) is 0. The van der Waals surface area contributed by atoms with Gasteiger partial charge >= 0.3 is 0 Å². The number of aromatic nitrogens is 1. The van der Waals surface area contributed by atoms with E-state index in [0.29, 0.717) is 0 Å². The zero-order chi connectivity index (χ0) is 8.97. The number of hydrogen-bond donors (Lipinski definition) is 0. The average Bonchev–Trinajstić information content (AvgIpc) is 2.01. The van der Waals surface area contributed by atoms with Crippen molar-refractivity contribution in [3.05, 3.63) is 34.6 Å². The van der Waals surface area contributed by atoms with Gasteiger partial charge in [0.2, 0.25) is 5.24 Å². The van der Waals surface area contributed by atoms with Crippen molar-refractivity contribution in [3.63, 3.8) is 0 Å². The Morgan fingerprint density at radius 2 is 2.33 bits per heavy atom. The maximum atomic E-state index is 10.3. The number of hydrogen-bond acceptors (Lipinski definition) is 2. The van der Waals surface area contributed by atoms with Crippen molar-refractivity contribution < 1.29 is 4.79 Å². The molecule has 0 atom stereocenters. The Bertz CT molecular complexity index is 325. The maximum absolute atomic E-state index is 10.3. The van der Waals surface area contributed by atoms with Gasteiger partial charge in [-0.15, -0.1) is 0 Å². The molecule has 1 aromatic heterocycles. The number of allylic oxidation sites excluding steroid dienone is 1. The van der Waals surface area contributed by atoms with Crippen molar-refractivity contribution in [3.8, 4) is 0 Å². The molecule has 0 saturated carbocycles. The lowest BCUT2D eigenvalue weighted by Gasteiger charge is -1.91. The van der Waals surface area contributed by atoms with E-state index in [0.717, 1.165) is 10.0 Å². The maximum Gasteiger partial charge on any atom is 0.245 e. The first-order valence-electron chi connectivity index (χ1n) is 3.16. The van der Waals surface area contributed by atoms with Crippen LogP contribution in [0.2, 0.25) is 0 Å². The number of rotatable bonds is 2. The molecule has 0 saturated heterocycles. The topological polar surface area (TPSA) is 30.0 Å². The molecule has 62 valence electrons. The summed E-state index contributed by atoms with van der Waals surface area (Å²) in [5.41, 5.74) is 0.832. The normalized spacial score (nSPS) is 10.5. The molecule has 0 unspecified atom stereocenters. The van der Waals surface area contributed by atoms with E-state index in [1.165, 1.54) is 6.08 Å². The molecule has 0 aromatic carbocycles. The third kappa shape index (κ3) is 3.15. The number of pyridine rings is 1. The van der Waals surface area contributed by atoms with Crippen LogP contribution in [0.3, 0.4) is 0 Å². The smallest absolute Gasteiger partial charge is 0.245 e. The summed E-state index contributed by atoms with van der Waals surface area (Å²) in [6, 6.07) is 1.84. The largest absolute Gasteiger partial charge is 0.276 e. The van der Waals surface area contributed by atoms with Crippen molar-refractivity contribution in [1.29, 1.82) is 0 Å². The SMILES string of the molecule is O=C(Cl)/C=C/c1cncc(Br)c1. The summed E-state index contributed by atoms with van der Waals surface area (Å²) in [5.74, 6) is 0. The van der Waals surface area contributed by atoms with E-state index in [1.807, 2.05) is 6.07 Å². The molecule has 0 aliphatic carbocycles. The molecular weight excluding hydrogens is 241 g/mol. The highest BCUT2D eigenvalue weighted by molar-refractivity contribution is 9.10. The van der Waals surface area contributed by atoms with Gasteiger partial charge < -0.3 is 0 Å². The molecule has 12 heavy (non-hydrogen) atoms. The highest BCUT2D eigenvalue weighted by atomic mass is 79.9. The molecule has 0 aliphatic rings. The molecule has 4 heteroatoms. The van der Waals surface area contributed by atoms with Gasteiger partial charge in [-0.3, -0.25) is 9.78 Å². The van der Waals surface area contributed by atoms with E-state index < -0.39 is 5.24 Å². The lowest BCUT2D eigenvalue weighted by atomic mass is 10.3. The Balaban J connectivity index is 2.83.